The number of benzene rings is 2. The molecule has 0 radical (unpaired) electrons. The molecule has 9 nitrogen and oxygen atoms in total. The first-order valence-corrected chi connectivity index (χ1v) is 12.9. The Morgan fingerprint density at radius 1 is 1.13 bits per heavy atom. The Morgan fingerprint density at radius 3 is 2.76 bits per heavy atom. The minimum Gasteiger partial charge on any atom is -0.507 e. The summed E-state index contributed by atoms with van der Waals surface area (Å²) in [5.74, 6) is 1.50. The number of fused-ring (bicyclic) bond motifs is 1. The van der Waals surface area contributed by atoms with Crippen LogP contribution in [0, 0.1) is 5.92 Å². The Labute approximate surface area is 221 Å². The van der Waals surface area contributed by atoms with Crippen LogP contribution in [0.3, 0.4) is 0 Å². The molecule has 0 atom stereocenters. The summed E-state index contributed by atoms with van der Waals surface area (Å²) >= 11 is 0. The van der Waals surface area contributed by atoms with Gasteiger partial charge in [-0.1, -0.05) is 6.07 Å². The molecule has 0 spiro atoms. The van der Waals surface area contributed by atoms with E-state index >= 15 is 0 Å². The van der Waals surface area contributed by atoms with E-state index < -0.39 is 0 Å². The number of nitrogens with one attached hydrogen (secondary N) is 2. The Bertz CT molecular complexity index is 1410. The maximum Gasteiger partial charge on any atom is 0.251 e. The van der Waals surface area contributed by atoms with E-state index in [1.807, 2.05) is 30.3 Å². The van der Waals surface area contributed by atoms with Gasteiger partial charge in [0.25, 0.3) is 5.91 Å². The number of methoxy groups -OCH3 is 2. The zero-order chi connectivity index (χ0) is 26.5. The van der Waals surface area contributed by atoms with Crippen LogP contribution in [0.2, 0.25) is 0 Å². The second kappa shape index (κ2) is 11.6. The summed E-state index contributed by atoms with van der Waals surface area (Å²) < 4.78 is 10.6. The lowest BCUT2D eigenvalue weighted by atomic mass is 9.96. The first-order valence-electron chi connectivity index (χ1n) is 12.9. The molecular weight excluding hydrogens is 482 g/mol. The number of piperidine rings is 1. The first-order chi connectivity index (χ1) is 18.6. The topological polar surface area (TPSA) is 113 Å². The third kappa shape index (κ3) is 5.64. The van der Waals surface area contributed by atoms with E-state index in [4.69, 9.17) is 9.47 Å². The van der Waals surface area contributed by atoms with Crippen molar-refractivity contribution in [2.75, 3.05) is 47.0 Å². The van der Waals surface area contributed by atoms with Gasteiger partial charge >= 0.3 is 0 Å². The number of aromatic hydroxyl groups is 1. The molecule has 2 aromatic heterocycles. The van der Waals surface area contributed by atoms with Crippen molar-refractivity contribution in [2.45, 2.75) is 12.8 Å². The van der Waals surface area contributed by atoms with Crippen molar-refractivity contribution in [1.82, 2.24) is 25.2 Å². The number of aromatic amines is 1. The van der Waals surface area contributed by atoms with Crippen molar-refractivity contribution < 1.29 is 19.4 Å². The fourth-order valence-electron chi connectivity index (χ4n) is 4.92. The highest BCUT2D eigenvalue weighted by Gasteiger charge is 2.20. The predicted molar refractivity (Wildman–Crippen MR) is 146 cm³/mol. The molecular formula is C29H33N5O4. The number of aromatic nitrogens is 3. The number of phenolic OH excluding ortho intramolecular Hbond substituents is 1. The predicted octanol–water partition coefficient (Wildman–Crippen LogP) is 4.09. The molecule has 1 fully saturated rings. The second-order valence-corrected chi connectivity index (χ2v) is 9.60. The summed E-state index contributed by atoms with van der Waals surface area (Å²) in [6.45, 7) is 4.45. The van der Waals surface area contributed by atoms with E-state index in [1.54, 1.807) is 38.6 Å². The largest absolute Gasteiger partial charge is 0.507 e. The Balaban J connectivity index is 1.29. The van der Waals surface area contributed by atoms with Gasteiger partial charge in [-0.2, -0.15) is 0 Å². The number of pyridine rings is 1. The van der Waals surface area contributed by atoms with Gasteiger partial charge in [0.15, 0.2) is 0 Å². The zero-order valence-corrected chi connectivity index (χ0v) is 21.7. The van der Waals surface area contributed by atoms with Crippen LogP contribution < -0.4 is 10.1 Å². The van der Waals surface area contributed by atoms with E-state index in [0.29, 0.717) is 40.8 Å². The van der Waals surface area contributed by atoms with Gasteiger partial charge in [-0.05, 0) is 79.9 Å². The fourth-order valence-corrected chi connectivity index (χ4v) is 4.92. The van der Waals surface area contributed by atoms with Crippen molar-refractivity contribution in [3.05, 3.63) is 60.3 Å². The normalized spacial score (nSPS) is 14.6. The van der Waals surface area contributed by atoms with Crippen molar-refractivity contribution >= 4 is 16.9 Å². The molecule has 0 unspecified atom stereocenters. The average molecular weight is 516 g/mol. The molecule has 1 saturated heterocycles. The number of hydrogen-bond acceptors (Lipinski definition) is 7. The molecule has 4 aromatic rings. The van der Waals surface area contributed by atoms with Gasteiger partial charge in [-0.15, -0.1) is 0 Å². The Hall–Kier alpha value is -3.95. The summed E-state index contributed by atoms with van der Waals surface area (Å²) in [7, 11) is 3.31. The highest BCUT2D eigenvalue weighted by Crippen LogP contribution is 2.35. The monoisotopic (exact) mass is 515 g/mol. The maximum atomic E-state index is 12.9. The number of hydrogen-bond donors (Lipinski definition) is 3. The van der Waals surface area contributed by atoms with Crippen LogP contribution in [-0.2, 0) is 4.74 Å². The van der Waals surface area contributed by atoms with E-state index in [0.717, 1.165) is 55.7 Å². The van der Waals surface area contributed by atoms with Crippen molar-refractivity contribution in [3.63, 3.8) is 0 Å². The number of nitrogens with zero attached hydrogens (tertiary/aromatic N) is 3. The highest BCUT2D eigenvalue weighted by atomic mass is 16.5. The van der Waals surface area contributed by atoms with Crippen LogP contribution >= 0.6 is 0 Å². The molecule has 3 heterocycles. The molecule has 0 saturated carbocycles. The van der Waals surface area contributed by atoms with Crippen LogP contribution in [0.1, 0.15) is 23.2 Å². The van der Waals surface area contributed by atoms with E-state index in [-0.39, 0.29) is 11.7 Å². The lowest BCUT2D eigenvalue weighted by Crippen LogP contribution is -2.39. The quantitative estimate of drug-likeness (QED) is 0.308. The van der Waals surface area contributed by atoms with Gasteiger partial charge in [0.1, 0.15) is 11.6 Å². The summed E-state index contributed by atoms with van der Waals surface area (Å²) in [4.78, 5) is 27.5. The average Bonchev–Trinajstić information content (AvgIpc) is 3.39. The lowest BCUT2D eigenvalue weighted by Gasteiger charge is -2.31. The minimum atomic E-state index is -0.0987. The zero-order valence-electron chi connectivity index (χ0n) is 21.7. The Morgan fingerprint density at radius 2 is 1.97 bits per heavy atom. The molecule has 0 bridgehead atoms. The molecule has 38 heavy (non-hydrogen) atoms. The maximum absolute atomic E-state index is 12.9. The minimum absolute atomic E-state index is 0.0987. The van der Waals surface area contributed by atoms with E-state index in [1.165, 1.54) is 0 Å². The molecule has 1 aliphatic heterocycles. The number of carbonyl (C=O) groups is 1. The van der Waals surface area contributed by atoms with Gasteiger partial charge in [0.2, 0.25) is 5.88 Å². The molecule has 9 heteroatoms. The van der Waals surface area contributed by atoms with Gasteiger partial charge in [0.05, 0.1) is 30.3 Å². The molecule has 198 valence electrons. The standard InChI is InChI=1S/C29H33N5O4/c1-37-15-14-34-12-9-19(10-13-34)18-31-28(36)21-5-7-24-25(17-21)33-27(32-24)23-16-20(6-8-26(23)35)22-4-3-11-30-29(22)38-2/h3-8,11,16-17,19,35H,9-10,12-15,18H2,1-2H3,(H,31,36)(H,32,33). The summed E-state index contributed by atoms with van der Waals surface area (Å²) in [5.41, 5.74) is 4.21. The van der Waals surface area contributed by atoms with Crippen molar-refractivity contribution in [2.24, 2.45) is 5.92 Å². The molecule has 2 aromatic carbocycles. The number of rotatable bonds is 9. The van der Waals surface area contributed by atoms with Gasteiger partial charge in [-0.25, -0.2) is 9.97 Å². The van der Waals surface area contributed by atoms with Crippen LogP contribution in [0.5, 0.6) is 11.6 Å². The molecule has 0 aliphatic carbocycles. The number of ether oxygens (including phenoxy) is 2. The lowest BCUT2D eigenvalue weighted by molar-refractivity contribution is 0.0926. The summed E-state index contributed by atoms with van der Waals surface area (Å²) in [5, 5.41) is 13.7. The number of phenols is 1. The van der Waals surface area contributed by atoms with Crippen molar-refractivity contribution in [1.29, 1.82) is 0 Å². The fraction of sp³-hybridized carbons (Fsp3) is 0.345. The summed E-state index contributed by atoms with van der Waals surface area (Å²) in [6, 6.07) is 14.5. The van der Waals surface area contributed by atoms with Crippen LogP contribution in [-0.4, -0.2) is 77.9 Å². The SMILES string of the molecule is COCCN1CCC(CNC(=O)c2ccc3nc(-c4cc(-c5cccnc5OC)ccc4O)[nH]c3c2)CC1. The van der Waals surface area contributed by atoms with Gasteiger partial charge in [0, 0.05) is 37.5 Å². The van der Waals surface area contributed by atoms with Crippen LogP contribution in [0.15, 0.2) is 54.7 Å². The highest BCUT2D eigenvalue weighted by molar-refractivity contribution is 5.97. The van der Waals surface area contributed by atoms with Crippen molar-refractivity contribution in [3.8, 4) is 34.1 Å². The Kier molecular flexibility index (Phi) is 7.86. The van der Waals surface area contributed by atoms with E-state index in [2.05, 4.69) is 25.2 Å². The number of amides is 1. The third-order valence-corrected chi connectivity index (χ3v) is 7.14. The molecule has 1 amide bonds. The summed E-state index contributed by atoms with van der Waals surface area (Å²) in [6.07, 6.45) is 3.81. The number of imidazole rings is 1. The first kappa shape index (κ1) is 25.7. The number of carbonyl (C=O) groups excluding carboxylic acids is 1. The molecule has 3 N–H and O–H groups in total. The van der Waals surface area contributed by atoms with E-state index in [9.17, 15) is 9.90 Å². The van der Waals surface area contributed by atoms with Gasteiger partial charge in [-0.3, -0.25) is 4.79 Å². The third-order valence-electron chi connectivity index (χ3n) is 7.14. The molecule has 1 aliphatic rings. The van der Waals surface area contributed by atoms with Crippen LogP contribution in [0.4, 0.5) is 0 Å². The number of likely N-dealkylation sites (tertiary alicyclic amines) is 1. The van der Waals surface area contributed by atoms with Crippen LogP contribution in [0.25, 0.3) is 33.5 Å². The second-order valence-electron chi connectivity index (χ2n) is 9.60. The van der Waals surface area contributed by atoms with Gasteiger partial charge < -0.3 is 29.8 Å². The smallest absolute Gasteiger partial charge is 0.251 e. The molecule has 5 rings (SSSR count). The number of H-pyrrole nitrogens is 1.